The summed E-state index contributed by atoms with van der Waals surface area (Å²) in [4.78, 5) is 17.7. The third kappa shape index (κ3) is 3.72. The Morgan fingerprint density at radius 2 is 1.81 bits per heavy atom. The minimum absolute atomic E-state index is 0.0522. The lowest BCUT2D eigenvalue weighted by Gasteiger charge is -2.33. The van der Waals surface area contributed by atoms with Gasteiger partial charge in [0.05, 0.1) is 11.1 Å². The number of benzene rings is 2. The molecule has 5 heteroatoms. The Labute approximate surface area is 184 Å². The number of anilines is 1. The van der Waals surface area contributed by atoms with Crippen molar-refractivity contribution in [3.8, 4) is 11.5 Å². The van der Waals surface area contributed by atoms with Gasteiger partial charge in [0.2, 0.25) is 5.78 Å². The fraction of sp³-hybridized carbons (Fsp3) is 0.423. The Balaban J connectivity index is 1.39. The second-order valence-electron chi connectivity index (χ2n) is 8.58. The molecule has 0 saturated heterocycles. The van der Waals surface area contributed by atoms with E-state index in [-0.39, 0.29) is 5.78 Å². The van der Waals surface area contributed by atoms with E-state index in [4.69, 9.17) is 9.47 Å². The number of Topliss-reactive ketones (excluding diaryl/α,β-unsaturated/α-hetero) is 1. The SMILES string of the molecule is CCN(CC)c1ccc(/C=C2\Oc3c(ccc4c3CN(C3CCCC3)CO4)C2=O)cc1. The summed E-state index contributed by atoms with van der Waals surface area (Å²) < 4.78 is 12.2. The third-order valence-corrected chi connectivity index (χ3v) is 6.81. The summed E-state index contributed by atoms with van der Waals surface area (Å²) in [6.45, 7) is 7.64. The van der Waals surface area contributed by atoms with Crippen LogP contribution in [-0.4, -0.2) is 36.5 Å². The summed E-state index contributed by atoms with van der Waals surface area (Å²) in [5, 5.41) is 0. The quantitative estimate of drug-likeness (QED) is 0.621. The van der Waals surface area contributed by atoms with Crippen LogP contribution in [0.4, 0.5) is 5.69 Å². The van der Waals surface area contributed by atoms with E-state index in [1.165, 1.54) is 31.4 Å². The molecule has 3 aliphatic rings. The zero-order chi connectivity index (χ0) is 21.4. The first-order valence-electron chi connectivity index (χ1n) is 11.5. The summed E-state index contributed by atoms with van der Waals surface area (Å²) in [5.74, 6) is 1.85. The molecule has 0 aromatic heterocycles. The van der Waals surface area contributed by atoms with E-state index >= 15 is 0 Å². The molecular formula is C26H30N2O3. The lowest BCUT2D eigenvalue weighted by molar-refractivity contribution is 0.0567. The number of hydrogen-bond acceptors (Lipinski definition) is 5. The first kappa shape index (κ1) is 20.1. The summed E-state index contributed by atoms with van der Waals surface area (Å²) in [6.07, 6.45) is 6.87. The van der Waals surface area contributed by atoms with Crippen molar-refractivity contribution in [3.63, 3.8) is 0 Å². The second-order valence-corrected chi connectivity index (χ2v) is 8.58. The maximum Gasteiger partial charge on any atom is 0.231 e. The van der Waals surface area contributed by atoms with Crippen LogP contribution < -0.4 is 14.4 Å². The number of nitrogens with zero attached hydrogens (tertiary/aromatic N) is 2. The first-order chi connectivity index (χ1) is 15.2. The predicted octanol–water partition coefficient (Wildman–Crippen LogP) is 5.24. The Bertz CT molecular complexity index is 1000. The zero-order valence-corrected chi connectivity index (χ0v) is 18.4. The monoisotopic (exact) mass is 418 g/mol. The second kappa shape index (κ2) is 8.39. The normalized spacial score (nSPS) is 19.8. The lowest BCUT2D eigenvalue weighted by Crippen LogP contribution is -2.39. The van der Waals surface area contributed by atoms with Crippen LogP contribution in [0.1, 0.15) is 61.0 Å². The largest absolute Gasteiger partial charge is 0.478 e. The van der Waals surface area contributed by atoms with Crippen molar-refractivity contribution >= 4 is 17.5 Å². The number of fused-ring (bicyclic) bond motifs is 3. The van der Waals surface area contributed by atoms with Crippen LogP contribution in [0.5, 0.6) is 11.5 Å². The van der Waals surface area contributed by atoms with E-state index < -0.39 is 0 Å². The van der Waals surface area contributed by atoms with Crippen molar-refractivity contribution in [1.82, 2.24) is 4.90 Å². The molecule has 0 bridgehead atoms. The van der Waals surface area contributed by atoms with Gasteiger partial charge in [0.1, 0.15) is 18.2 Å². The molecule has 2 heterocycles. The molecule has 2 aliphatic heterocycles. The highest BCUT2D eigenvalue weighted by Gasteiger charge is 2.35. The van der Waals surface area contributed by atoms with Gasteiger partial charge in [-0.05, 0) is 62.6 Å². The average Bonchev–Trinajstić information content (AvgIpc) is 3.45. The van der Waals surface area contributed by atoms with Crippen LogP contribution in [0.25, 0.3) is 6.08 Å². The molecule has 0 unspecified atom stereocenters. The number of ketones is 1. The van der Waals surface area contributed by atoms with Gasteiger partial charge in [-0.15, -0.1) is 0 Å². The van der Waals surface area contributed by atoms with E-state index in [0.717, 1.165) is 36.5 Å². The van der Waals surface area contributed by atoms with Crippen molar-refractivity contribution in [3.05, 3.63) is 58.8 Å². The molecular weight excluding hydrogens is 388 g/mol. The molecule has 0 spiro atoms. The minimum Gasteiger partial charge on any atom is -0.478 e. The molecule has 0 amide bonds. The average molecular weight is 419 g/mol. The molecule has 1 fully saturated rings. The van der Waals surface area contributed by atoms with Crippen LogP contribution in [0.15, 0.2) is 42.2 Å². The van der Waals surface area contributed by atoms with E-state index in [9.17, 15) is 4.79 Å². The Morgan fingerprint density at radius 3 is 2.52 bits per heavy atom. The van der Waals surface area contributed by atoms with Crippen LogP contribution >= 0.6 is 0 Å². The van der Waals surface area contributed by atoms with E-state index in [1.807, 2.05) is 30.3 Å². The minimum atomic E-state index is -0.0522. The van der Waals surface area contributed by atoms with Gasteiger partial charge in [-0.3, -0.25) is 9.69 Å². The summed E-state index contributed by atoms with van der Waals surface area (Å²) >= 11 is 0. The van der Waals surface area contributed by atoms with Gasteiger partial charge >= 0.3 is 0 Å². The van der Waals surface area contributed by atoms with E-state index in [1.54, 1.807) is 0 Å². The standard InChI is InChI=1S/C26H30N2O3/c1-3-27(4-2)20-11-9-18(10-12-20)15-24-25(29)21-13-14-23-22(26(21)31-24)16-28(17-30-23)19-7-5-6-8-19/h9-15,19H,3-8,16-17H2,1-2H3/b24-15-. The lowest BCUT2D eigenvalue weighted by atomic mass is 10.0. The molecule has 162 valence electrons. The van der Waals surface area contributed by atoms with Crippen molar-refractivity contribution in [1.29, 1.82) is 0 Å². The maximum atomic E-state index is 13.0. The van der Waals surface area contributed by atoms with Crippen LogP contribution in [0.2, 0.25) is 0 Å². The van der Waals surface area contributed by atoms with E-state index in [2.05, 4.69) is 35.8 Å². The molecule has 1 saturated carbocycles. The highest BCUT2D eigenvalue weighted by Crippen LogP contribution is 2.43. The molecule has 1 aliphatic carbocycles. The van der Waals surface area contributed by atoms with Gasteiger partial charge in [0.25, 0.3) is 0 Å². The number of hydrogen-bond donors (Lipinski definition) is 0. The molecule has 5 rings (SSSR count). The van der Waals surface area contributed by atoms with Gasteiger partial charge < -0.3 is 14.4 Å². The maximum absolute atomic E-state index is 13.0. The van der Waals surface area contributed by atoms with Gasteiger partial charge in [0, 0.05) is 31.4 Å². The molecule has 2 aromatic rings. The van der Waals surface area contributed by atoms with Gasteiger partial charge in [-0.1, -0.05) is 25.0 Å². The predicted molar refractivity (Wildman–Crippen MR) is 123 cm³/mol. The number of allylic oxidation sites excluding steroid dienone is 1. The topological polar surface area (TPSA) is 42.0 Å². The molecule has 5 nitrogen and oxygen atoms in total. The highest BCUT2D eigenvalue weighted by atomic mass is 16.5. The molecule has 2 aromatic carbocycles. The zero-order valence-electron chi connectivity index (χ0n) is 18.4. The fourth-order valence-corrected chi connectivity index (χ4v) is 5.00. The first-order valence-corrected chi connectivity index (χ1v) is 11.5. The van der Waals surface area contributed by atoms with Crippen molar-refractivity contribution in [2.75, 3.05) is 24.7 Å². The van der Waals surface area contributed by atoms with Crippen LogP contribution in [-0.2, 0) is 6.54 Å². The number of carbonyl (C=O) groups excluding carboxylic acids is 1. The van der Waals surface area contributed by atoms with Crippen molar-refractivity contribution in [2.24, 2.45) is 0 Å². The van der Waals surface area contributed by atoms with Crippen LogP contribution in [0.3, 0.4) is 0 Å². The smallest absolute Gasteiger partial charge is 0.231 e. The fourth-order valence-electron chi connectivity index (χ4n) is 5.00. The Kier molecular flexibility index (Phi) is 5.45. The number of carbonyl (C=O) groups is 1. The van der Waals surface area contributed by atoms with Crippen molar-refractivity contribution < 1.29 is 14.3 Å². The Hall–Kier alpha value is -2.79. The van der Waals surface area contributed by atoms with Crippen molar-refractivity contribution in [2.45, 2.75) is 52.1 Å². The van der Waals surface area contributed by atoms with Gasteiger partial charge in [0.15, 0.2) is 5.76 Å². The molecule has 31 heavy (non-hydrogen) atoms. The molecule has 0 atom stereocenters. The molecule has 0 radical (unpaired) electrons. The summed E-state index contributed by atoms with van der Waals surface area (Å²) in [6, 6.07) is 12.6. The molecule has 0 N–H and O–H groups in total. The Morgan fingerprint density at radius 1 is 1.06 bits per heavy atom. The summed E-state index contributed by atoms with van der Waals surface area (Å²) in [7, 11) is 0. The number of rotatable bonds is 5. The highest BCUT2D eigenvalue weighted by molar-refractivity contribution is 6.15. The van der Waals surface area contributed by atoms with E-state index in [0.29, 0.717) is 29.8 Å². The van der Waals surface area contributed by atoms with Gasteiger partial charge in [-0.2, -0.15) is 0 Å². The summed E-state index contributed by atoms with van der Waals surface area (Å²) in [5.41, 5.74) is 3.79. The van der Waals surface area contributed by atoms with Crippen LogP contribution in [0, 0.1) is 0 Å². The third-order valence-electron chi connectivity index (χ3n) is 6.81. The van der Waals surface area contributed by atoms with Gasteiger partial charge in [-0.25, -0.2) is 0 Å². The number of ether oxygens (including phenoxy) is 2.